The first-order chi connectivity index (χ1) is 15.9. The van der Waals surface area contributed by atoms with Crippen molar-refractivity contribution in [3.05, 3.63) is 76.5 Å². The molecule has 5 nitrogen and oxygen atoms in total. The quantitative estimate of drug-likeness (QED) is 0.621. The van der Waals surface area contributed by atoms with Gasteiger partial charge < -0.3 is 20.4 Å². The Labute approximate surface area is 203 Å². The maximum Gasteiger partial charge on any atom is 0.171 e. The molecule has 0 saturated carbocycles. The van der Waals surface area contributed by atoms with Gasteiger partial charge in [-0.25, -0.2) is 0 Å². The first kappa shape index (κ1) is 23.3. The van der Waals surface area contributed by atoms with Crippen LogP contribution in [0.15, 0.2) is 65.4 Å². The lowest BCUT2D eigenvalue weighted by molar-refractivity contribution is 0.301. The van der Waals surface area contributed by atoms with E-state index >= 15 is 0 Å². The summed E-state index contributed by atoms with van der Waals surface area (Å²) < 4.78 is 0. The minimum absolute atomic E-state index is 0.0733. The van der Waals surface area contributed by atoms with Crippen molar-refractivity contribution in [2.24, 2.45) is 0 Å². The number of hydrogen-bond donors (Lipinski definition) is 2. The standard InChI is InChI=1S/C27H35N5S/c1-6-15-32-17-21(16-19-7-11-22(12-8-19)30(2)3)26-24(18-32)25(28-27(33)29-26)20-9-13-23(14-10-20)31(4)5/h7-14,16,25H,6,15,17-18H2,1-5H3,(H2,28,29,33)/t25-/m0/s1. The molecule has 2 aliphatic rings. The number of benzene rings is 2. The van der Waals surface area contributed by atoms with Gasteiger partial charge in [-0.15, -0.1) is 0 Å². The third kappa shape index (κ3) is 5.23. The Morgan fingerprint density at radius 1 is 0.939 bits per heavy atom. The lowest BCUT2D eigenvalue weighted by atomic mass is 9.88. The fourth-order valence-corrected chi connectivity index (χ4v) is 4.80. The van der Waals surface area contributed by atoms with E-state index in [0.29, 0.717) is 5.11 Å². The van der Waals surface area contributed by atoms with Crippen LogP contribution in [0, 0.1) is 0 Å². The molecule has 0 fully saturated rings. The second-order valence-electron chi connectivity index (χ2n) is 9.28. The molecular weight excluding hydrogens is 426 g/mol. The van der Waals surface area contributed by atoms with E-state index in [1.54, 1.807) is 0 Å². The SMILES string of the molecule is CCCN1CC(=Cc2ccc(N(C)C)cc2)C2=C(C1)[C@H](c1ccc(N(C)C)cc1)NC(=S)N2. The molecule has 2 aromatic carbocycles. The molecule has 33 heavy (non-hydrogen) atoms. The van der Waals surface area contributed by atoms with Gasteiger partial charge in [0, 0.05) is 58.4 Å². The molecule has 174 valence electrons. The highest BCUT2D eigenvalue weighted by Crippen LogP contribution is 2.35. The summed E-state index contributed by atoms with van der Waals surface area (Å²) in [4.78, 5) is 6.79. The molecule has 2 aromatic rings. The van der Waals surface area contributed by atoms with Crippen LogP contribution in [-0.4, -0.2) is 57.8 Å². The molecule has 4 rings (SSSR count). The number of rotatable bonds is 6. The van der Waals surface area contributed by atoms with Gasteiger partial charge in [-0.1, -0.05) is 31.2 Å². The van der Waals surface area contributed by atoms with Crippen LogP contribution < -0.4 is 20.4 Å². The summed E-state index contributed by atoms with van der Waals surface area (Å²) in [6.45, 7) is 5.18. The predicted molar refractivity (Wildman–Crippen MR) is 145 cm³/mol. The van der Waals surface area contributed by atoms with Gasteiger partial charge in [0.1, 0.15) is 0 Å². The molecule has 2 heterocycles. The van der Waals surface area contributed by atoms with Crippen LogP contribution in [0.25, 0.3) is 6.08 Å². The summed E-state index contributed by atoms with van der Waals surface area (Å²) in [7, 11) is 8.28. The Morgan fingerprint density at radius 3 is 2.12 bits per heavy atom. The second kappa shape index (κ2) is 9.98. The highest BCUT2D eigenvalue weighted by atomic mass is 32.1. The zero-order valence-corrected chi connectivity index (χ0v) is 21.2. The zero-order valence-electron chi connectivity index (χ0n) is 20.4. The second-order valence-corrected chi connectivity index (χ2v) is 9.69. The average molecular weight is 462 g/mol. The van der Waals surface area contributed by atoms with Gasteiger partial charge in [0.25, 0.3) is 0 Å². The topological polar surface area (TPSA) is 33.8 Å². The van der Waals surface area contributed by atoms with Crippen LogP contribution in [-0.2, 0) is 0 Å². The number of thiocarbonyl (C=S) groups is 1. The molecule has 0 unspecified atom stereocenters. The Bertz CT molecular complexity index is 1050. The van der Waals surface area contributed by atoms with Gasteiger partial charge in [0.2, 0.25) is 0 Å². The largest absolute Gasteiger partial charge is 0.378 e. The van der Waals surface area contributed by atoms with Crippen molar-refractivity contribution in [2.45, 2.75) is 19.4 Å². The third-order valence-corrected chi connectivity index (χ3v) is 6.55. The lowest BCUT2D eigenvalue weighted by Crippen LogP contribution is -2.50. The maximum atomic E-state index is 5.65. The van der Waals surface area contributed by atoms with E-state index in [4.69, 9.17) is 12.2 Å². The van der Waals surface area contributed by atoms with Crippen LogP contribution >= 0.6 is 12.2 Å². The Kier molecular flexibility index (Phi) is 7.05. The summed E-state index contributed by atoms with van der Waals surface area (Å²) >= 11 is 5.65. The molecule has 0 amide bonds. The van der Waals surface area contributed by atoms with Gasteiger partial charge in [-0.05, 0) is 77.8 Å². The molecule has 0 saturated heterocycles. The molecule has 1 atom stereocenters. The van der Waals surface area contributed by atoms with E-state index in [0.717, 1.165) is 26.1 Å². The molecule has 2 N–H and O–H groups in total. The van der Waals surface area contributed by atoms with E-state index < -0.39 is 0 Å². The van der Waals surface area contributed by atoms with Crippen molar-refractivity contribution in [1.82, 2.24) is 15.5 Å². The van der Waals surface area contributed by atoms with Crippen molar-refractivity contribution in [2.75, 3.05) is 57.6 Å². The molecule has 0 radical (unpaired) electrons. The Morgan fingerprint density at radius 2 is 1.55 bits per heavy atom. The fraction of sp³-hybridized carbons (Fsp3) is 0.370. The number of nitrogens with one attached hydrogen (secondary N) is 2. The molecular formula is C27H35N5S. The Hall–Kier alpha value is -2.83. The molecule has 0 bridgehead atoms. The normalized spacial score (nSPS) is 19.7. The minimum atomic E-state index is 0.0733. The van der Waals surface area contributed by atoms with Crippen molar-refractivity contribution in [3.63, 3.8) is 0 Å². The lowest BCUT2D eigenvalue weighted by Gasteiger charge is -2.40. The van der Waals surface area contributed by atoms with Crippen LogP contribution in [0.5, 0.6) is 0 Å². The van der Waals surface area contributed by atoms with Crippen molar-refractivity contribution >= 4 is 34.8 Å². The van der Waals surface area contributed by atoms with Gasteiger partial charge >= 0.3 is 0 Å². The highest BCUT2D eigenvalue weighted by Gasteiger charge is 2.33. The van der Waals surface area contributed by atoms with Crippen LogP contribution in [0.1, 0.15) is 30.5 Å². The van der Waals surface area contributed by atoms with E-state index in [1.807, 2.05) is 0 Å². The molecule has 0 spiro atoms. The van der Waals surface area contributed by atoms with Gasteiger partial charge in [0.05, 0.1) is 6.04 Å². The summed E-state index contributed by atoms with van der Waals surface area (Å²) in [5.74, 6) is 0. The minimum Gasteiger partial charge on any atom is -0.378 e. The average Bonchev–Trinajstić information content (AvgIpc) is 2.80. The summed E-state index contributed by atoms with van der Waals surface area (Å²) in [5.41, 5.74) is 8.68. The summed E-state index contributed by atoms with van der Waals surface area (Å²) in [6, 6.07) is 17.6. The number of nitrogens with zero attached hydrogens (tertiary/aromatic N) is 3. The summed E-state index contributed by atoms with van der Waals surface area (Å²) in [5, 5.41) is 7.72. The number of anilines is 2. The fourth-order valence-electron chi connectivity index (χ4n) is 4.58. The number of hydrogen-bond acceptors (Lipinski definition) is 4. The molecule has 0 aliphatic carbocycles. The van der Waals surface area contributed by atoms with Gasteiger partial charge in [0.15, 0.2) is 5.11 Å². The van der Waals surface area contributed by atoms with E-state index in [2.05, 4.69) is 115 Å². The van der Waals surface area contributed by atoms with Crippen molar-refractivity contribution in [3.8, 4) is 0 Å². The molecule has 6 heteroatoms. The highest BCUT2D eigenvalue weighted by molar-refractivity contribution is 7.80. The molecule has 2 aliphatic heterocycles. The maximum absolute atomic E-state index is 5.65. The van der Waals surface area contributed by atoms with E-state index in [-0.39, 0.29) is 6.04 Å². The van der Waals surface area contributed by atoms with Crippen LogP contribution in [0.2, 0.25) is 0 Å². The van der Waals surface area contributed by atoms with Crippen LogP contribution in [0.3, 0.4) is 0 Å². The van der Waals surface area contributed by atoms with Crippen LogP contribution in [0.4, 0.5) is 11.4 Å². The van der Waals surface area contributed by atoms with E-state index in [1.165, 1.54) is 39.3 Å². The smallest absolute Gasteiger partial charge is 0.171 e. The summed E-state index contributed by atoms with van der Waals surface area (Å²) in [6.07, 6.45) is 3.44. The van der Waals surface area contributed by atoms with Crippen molar-refractivity contribution in [1.29, 1.82) is 0 Å². The zero-order chi connectivity index (χ0) is 23.5. The van der Waals surface area contributed by atoms with Gasteiger partial charge in [-0.3, -0.25) is 4.90 Å². The monoisotopic (exact) mass is 461 g/mol. The predicted octanol–water partition coefficient (Wildman–Crippen LogP) is 4.40. The third-order valence-electron chi connectivity index (χ3n) is 6.33. The Balaban J connectivity index is 1.74. The van der Waals surface area contributed by atoms with E-state index in [9.17, 15) is 0 Å². The first-order valence-electron chi connectivity index (χ1n) is 11.6. The first-order valence-corrected chi connectivity index (χ1v) is 12.0. The van der Waals surface area contributed by atoms with Crippen molar-refractivity contribution < 1.29 is 0 Å². The van der Waals surface area contributed by atoms with Gasteiger partial charge in [-0.2, -0.15) is 0 Å². The molecule has 0 aromatic heterocycles.